The molecule has 1 aliphatic rings. The Morgan fingerprint density at radius 1 is 1.43 bits per heavy atom. The molecule has 0 aromatic carbocycles. The second kappa shape index (κ2) is 6.40. The summed E-state index contributed by atoms with van der Waals surface area (Å²) in [6, 6.07) is 4.11. The van der Waals surface area contributed by atoms with E-state index in [9.17, 15) is 4.79 Å². The predicted octanol–water partition coefficient (Wildman–Crippen LogP) is 2.28. The minimum absolute atomic E-state index is 0.0636. The van der Waals surface area contributed by atoms with Gasteiger partial charge in [0.2, 0.25) is 0 Å². The number of nitrogens with one attached hydrogen (secondary N) is 1. The van der Waals surface area contributed by atoms with Crippen LogP contribution in [0.4, 0.5) is 5.69 Å². The summed E-state index contributed by atoms with van der Waals surface area (Å²) in [5.41, 5.74) is 3.80. The highest BCUT2D eigenvalue weighted by Crippen LogP contribution is 2.28. The van der Waals surface area contributed by atoms with E-state index in [0.717, 1.165) is 43.1 Å². The molecule has 1 unspecified atom stereocenters. The summed E-state index contributed by atoms with van der Waals surface area (Å²) < 4.78 is 1.78. The number of likely N-dealkylation sites (tertiary alicyclic amines) is 1. The molecule has 1 aliphatic heterocycles. The lowest BCUT2D eigenvalue weighted by Crippen LogP contribution is -2.28. The maximum absolute atomic E-state index is 12.6. The van der Waals surface area contributed by atoms with Crippen LogP contribution in [0.25, 0.3) is 0 Å². The summed E-state index contributed by atoms with van der Waals surface area (Å²) in [5, 5.41) is 7.36. The van der Waals surface area contributed by atoms with E-state index in [1.807, 2.05) is 38.1 Å². The first-order chi connectivity index (χ1) is 11.1. The molecule has 3 rings (SSSR count). The van der Waals surface area contributed by atoms with Gasteiger partial charge in [0.05, 0.1) is 11.8 Å². The van der Waals surface area contributed by atoms with Gasteiger partial charge in [-0.25, -0.2) is 0 Å². The Morgan fingerprint density at radius 2 is 2.26 bits per heavy atom. The molecule has 2 aromatic heterocycles. The van der Waals surface area contributed by atoms with Gasteiger partial charge in [0, 0.05) is 55.9 Å². The number of carbonyl (C=O) groups excluding carboxylic acids is 1. The number of carbonyl (C=O) groups is 1. The molecular formula is C17H23N5O. The molecule has 122 valence electrons. The summed E-state index contributed by atoms with van der Waals surface area (Å²) in [5.74, 6) is 0.362. The Bertz CT molecular complexity index is 709. The van der Waals surface area contributed by atoms with Crippen molar-refractivity contribution >= 4 is 11.6 Å². The topological polar surface area (TPSA) is 63.1 Å². The van der Waals surface area contributed by atoms with Crippen molar-refractivity contribution in [2.45, 2.75) is 32.7 Å². The summed E-state index contributed by atoms with van der Waals surface area (Å²) in [6.07, 6.45) is 4.43. The van der Waals surface area contributed by atoms with E-state index in [4.69, 9.17) is 0 Å². The molecule has 1 amide bonds. The highest BCUT2D eigenvalue weighted by atomic mass is 16.2. The molecule has 0 spiro atoms. The van der Waals surface area contributed by atoms with Crippen molar-refractivity contribution in [1.29, 1.82) is 0 Å². The predicted molar refractivity (Wildman–Crippen MR) is 89.7 cm³/mol. The zero-order valence-corrected chi connectivity index (χ0v) is 13.9. The van der Waals surface area contributed by atoms with Crippen LogP contribution >= 0.6 is 0 Å². The highest BCUT2D eigenvalue weighted by molar-refractivity contribution is 5.94. The van der Waals surface area contributed by atoms with E-state index >= 15 is 0 Å². The van der Waals surface area contributed by atoms with Crippen molar-refractivity contribution in [3.05, 3.63) is 41.5 Å². The molecule has 1 atom stereocenters. The number of hydrogen-bond donors (Lipinski definition) is 1. The molecule has 0 saturated carbocycles. The number of pyridine rings is 1. The Hall–Kier alpha value is -2.37. The van der Waals surface area contributed by atoms with E-state index in [-0.39, 0.29) is 5.91 Å². The largest absolute Gasteiger partial charge is 0.388 e. The summed E-state index contributed by atoms with van der Waals surface area (Å²) in [6.45, 7) is 6.27. The lowest BCUT2D eigenvalue weighted by molar-refractivity contribution is 0.0790. The monoisotopic (exact) mass is 313 g/mol. The summed E-state index contributed by atoms with van der Waals surface area (Å²) >= 11 is 0. The lowest BCUT2D eigenvalue weighted by atomic mass is 10.0. The summed E-state index contributed by atoms with van der Waals surface area (Å²) in [7, 11) is 1.91. The zero-order chi connectivity index (χ0) is 16.4. The lowest BCUT2D eigenvalue weighted by Gasteiger charge is -2.16. The zero-order valence-electron chi connectivity index (χ0n) is 13.9. The van der Waals surface area contributed by atoms with Crippen LogP contribution in [-0.2, 0) is 6.54 Å². The van der Waals surface area contributed by atoms with Crippen LogP contribution in [0.2, 0.25) is 0 Å². The summed E-state index contributed by atoms with van der Waals surface area (Å²) in [4.78, 5) is 19.1. The van der Waals surface area contributed by atoms with Gasteiger partial charge in [-0.3, -0.25) is 14.5 Å². The van der Waals surface area contributed by atoms with Gasteiger partial charge in [-0.2, -0.15) is 5.10 Å². The number of aromatic nitrogens is 3. The fourth-order valence-corrected chi connectivity index (χ4v) is 3.06. The molecule has 2 aromatic rings. The molecule has 6 heteroatoms. The maximum Gasteiger partial charge on any atom is 0.257 e. The first-order valence-electron chi connectivity index (χ1n) is 8.08. The van der Waals surface area contributed by atoms with Crippen molar-refractivity contribution in [2.24, 2.45) is 0 Å². The standard InChI is InChI=1S/C17H23N5O/c1-4-22-11-14(9-19-22)17(23)21-6-5-13(10-21)16-8-15(18-3)7-12(2)20-16/h7-9,11,13H,4-6,10H2,1-3H3,(H,18,20). The van der Waals surface area contributed by atoms with Gasteiger partial charge in [0.15, 0.2) is 0 Å². The first kappa shape index (κ1) is 15.5. The Labute approximate surface area is 136 Å². The van der Waals surface area contributed by atoms with Gasteiger partial charge in [0.1, 0.15) is 0 Å². The van der Waals surface area contributed by atoms with Crippen LogP contribution in [0.3, 0.4) is 0 Å². The number of hydrogen-bond acceptors (Lipinski definition) is 4. The fourth-order valence-electron chi connectivity index (χ4n) is 3.06. The van der Waals surface area contributed by atoms with E-state index in [0.29, 0.717) is 11.5 Å². The minimum Gasteiger partial charge on any atom is -0.388 e. The average Bonchev–Trinajstić information content (AvgIpc) is 3.22. The Kier molecular flexibility index (Phi) is 4.32. The van der Waals surface area contributed by atoms with Crippen LogP contribution in [0, 0.1) is 6.92 Å². The van der Waals surface area contributed by atoms with Crippen molar-refractivity contribution in [3.63, 3.8) is 0 Å². The van der Waals surface area contributed by atoms with Gasteiger partial charge in [0.25, 0.3) is 5.91 Å². The molecule has 6 nitrogen and oxygen atoms in total. The average molecular weight is 313 g/mol. The molecule has 23 heavy (non-hydrogen) atoms. The van der Waals surface area contributed by atoms with Crippen LogP contribution in [0.15, 0.2) is 24.5 Å². The third-order valence-corrected chi connectivity index (χ3v) is 4.36. The second-order valence-electron chi connectivity index (χ2n) is 5.99. The van der Waals surface area contributed by atoms with Gasteiger partial charge in [-0.15, -0.1) is 0 Å². The van der Waals surface area contributed by atoms with Crippen molar-refractivity contribution in [3.8, 4) is 0 Å². The third kappa shape index (κ3) is 3.21. The molecular weight excluding hydrogens is 290 g/mol. The quantitative estimate of drug-likeness (QED) is 0.940. The third-order valence-electron chi connectivity index (χ3n) is 4.36. The van der Waals surface area contributed by atoms with Crippen LogP contribution in [-0.4, -0.2) is 45.7 Å². The molecule has 1 fully saturated rings. The van der Waals surface area contributed by atoms with Gasteiger partial charge < -0.3 is 10.2 Å². The first-order valence-corrected chi connectivity index (χ1v) is 8.08. The highest BCUT2D eigenvalue weighted by Gasteiger charge is 2.29. The Balaban J connectivity index is 1.73. The normalized spacial score (nSPS) is 17.5. The number of nitrogens with zero attached hydrogens (tertiary/aromatic N) is 4. The van der Waals surface area contributed by atoms with Crippen molar-refractivity contribution in [1.82, 2.24) is 19.7 Å². The van der Waals surface area contributed by atoms with Crippen molar-refractivity contribution in [2.75, 3.05) is 25.5 Å². The number of aryl methyl sites for hydroxylation is 2. The smallest absolute Gasteiger partial charge is 0.257 e. The van der Waals surface area contributed by atoms with Crippen molar-refractivity contribution < 1.29 is 4.79 Å². The van der Waals surface area contributed by atoms with Gasteiger partial charge in [-0.1, -0.05) is 0 Å². The Morgan fingerprint density at radius 3 is 2.96 bits per heavy atom. The fraction of sp³-hybridized carbons (Fsp3) is 0.471. The molecule has 1 saturated heterocycles. The molecule has 0 radical (unpaired) electrons. The van der Waals surface area contributed by atoms with E-state index in [1.54, 1.807) is 10.9 Å². The number of amides is 1. The van der Waals surface area contributed by atoms with E-state index in [2.05, 4.69) is 21.5 Å². The maximum atomic E-state index is 12.6. The van der Waals surface area contributed by atoms with Crippen LogP contribution in [0.5, 0.6) is 0 Å². The minimum atomic E-state index is 0.0636. The SMILES string of the molecule is CCn1cc(C(=O)N2CCC(c3cc(NC)cc(C)n3)C2)cn1. The van der Waals surface area contributed by atoms with Gasteiger partial charge in [-0.05, 0) is 32.4 Å². The van der Waals surface area contributed by atoms with Crippen LogP contribution in [0.1, 0.15) is 41.0 Å². The van der Waals surface area contributed by atoms with Crippen LogP contribution < -0.4 is 5.32 Å². The number of rotatable bonds is 4. The second-order valence-corrected chi connectivity index (χ2v) is 5.99. The van der Waals surface area contributed by atoms with Gasteiger partial charge >= 0.3 is 0 Å². The van der Waals surface area contributed by atoms with E-state index in [1.165, 1.54) is 0 Å². The molecule has 1 N–H and O–H groups in total. The number of anilines is 1. The molecule has 0 bridgehead atoms. The molecule has 0 aliphatic carbocycles. The van der Waals surface area contributed by atoms with E-state index < -0.39 is 0 Å². The molecule has 3 heterocycles.